The Morgan fingerprint density at radius 1 is 1.18 bits per heavy atom. The van der Waals surface area contributed by atoms with Gasteiger partial charge in [0.2, 0.25) is 5.82 Å². The molecule has 144 valence electrons. The van der Waals surface area contributed by atoms with E-state index in [2.05, 4.69) is 14.9 Å². The van der Waals surface area contributed by atoms with Crippen molar-refractivity contribution in [3.05, 3.63) is 65.0 Å². The van der Waals surface area contributed by atoms with Crippen LogP contribution in [0.4, 0.5) is 0 Å². The fourth-order valence-electron chi connectivity index (χ4n) is 2.34. The molecule has 2 aromatic carbocycles. The van der Waals surface area contributed by atoms with Gasteiger partial charge in [-0.05, 0) is 35.9 Å². The lowest BCUT2D eigenvalue weighted by Gasteiger charge is -2.09. The maximum Gasteiger partial charge on any atom is 0.330 e. The van der Waals surface area contributed by atoms with Crippen LogP contribution in [0.25, 0.3) is 17.5 Å². The normalized spacial score (nSPS) is 10.8. The Balaban J connectivity index is 1.70. The molecule has 0 atom stereocenters. The molecule has 28 heavy (non-hydrogen) atoms. The van der Waals surface area contributed by atoms with E-state index in [-0.39, 0.29) is 6.61 Å². The molecule has 0 radical (unpaired) electrons. The van der Waals surface area contributed by atoms with Crippen molar-refractivity contribution in [2.45, 2.75) is 6.61 Å². The zero-order valence-electron chi connectivity index (χ0n) is 15.2. The van der Waals surface area contributed by atoms with Crippen LogP contribution in [0.1, 0.15) is 11.4 Å². The van der Waals surface area contributed by atoms with E-state index in [0.717, 1.165) is 5.56 Å². The van der Waals surface area contributed by atoms with E-state index in [1.807, 2.05) is 12.1 Å². The summed E-state index contributed by atoms with van der Waals surface area (Å²) in [4.78, 5) is 15.5. The van der Waals surface area contributed by atoms with Gasteiger partial charge in [0.1, 0.15) is 0 Å². The van der Waals surface area contributed by atoms with Gasteiger partial charge in [0, 0.05) is 6.08 Å². The van der Waals surface area contributed by atoms with Crippen LogP contribution in [-0.4, -0.2) is 30.3 Å². The fraction of sp³-hybridized carbons (Fsp3) is 0.150. The van der Waals surface area contributed by atoms with Gasteiger partial charge in [-0.15, -0.1) is 0 Å². The van der Waals surface area contributed by atoms with E-state index in [1.165, 1.54) is 20.3 Å². The number of nitrogens with zero attached hydrogens (tertiary/aromatic N) is 2. The molecule has 0 saturated carbocycles. The van der Waals surface area contributed by atoms with Gasteiger partial charge in [0.25, 0.3) is 5.89 Å². The monoisotopic (exact) mass is 400 g/mol. The smallest absolute Gasteiger partial charge is 0.330 e. The number of esters is 1. The largest absolute Gasteiger partial charge is 0.493 e. The number of methoxy groups -OCH3 is 2. The first-order valence-corrected chi connectivity index (χ1v) is 8.63. The van der Waals surface area contributed by atoms with Crippen molar-refractivity contribution >= 4 is 23.6 Å². The van der Waals surface area contributed by atoms with Gasteiger partial charge in [-0.2, -0.15) is 4.98 Å². The highest BCUT2D eigenvalue weighted by Gasteiger charge is 2.13. The minimum absolute atomic E-state index is 0.0850. The number of halogens is 1. The number of ether oxygens (including phenoxy) is 3. The molecule has 3 rings (SSSR count). The highest BCUT2D eigenvalue weighted by molar-refractivity contribution is 6.33. The second kappa shape index (κ2) is 9.05. The molecule has 8 heteroatoms. The van der Waals surface area contributed by atoms with Crippen LogP contribution >= 0.6 is 11.6 Å². The molecule has 0 fully saturated rings. The van der Waals surface area contributed by atoms with Crippen LogP contribution in [0.3, 0.4) is 0 Å². The Labute approximate surface area is 166 Å². The molecular formula is C20H17ClN2O5. The van der Waals surface area contributed by atoms with Crippen molar-refractivity contribution < 1.29 is 23.5 Å². The first-order chi connectivity index (χ1) is 13.6. The number of carbonyl (C=O) groups is 1. The van der Waals surface area contributed by atoms with Gasteiger partial charge in [0.05, 0.1) is 24.8 Å². The van der Waals surface area contributed by atoms with E-state index in [4.69, 9.17) is 25.6 Å². The molecule has 0 saturated heterocycles. The summed E-state index contributed by atoms with van der Waals surface area (Å²) in [6.07, 6.45) is 2.94. The molecule has 0 spiro atoms. The lowest BCUT2D eigenvalue weighted by molar-refractivity contribution is -0.134. The molecule has 1 aromatic heterocycles. The predicted molar refractivity (Wildman–Crippen MR) is 103 cm³/mol. The molecule has 0 N–H and O–H groups in total. The molecule has 7 nitrogen and oxygen atoms in total. The summed E-state index contributed by atoms with van der Waals surface area (Å²) in [7, 11) is 2.85. The average molecular weight is 401 g/mol. The predicted octanol–water partition coefficient (Wildman–Crippen LogP) is 4.16. The fourth-order valence-corrected chi connectivity index (χ4v) is 2.55. The van der Waals surface area contributed by atoms with Gasteiger partial charge < -0.3 is 18.7 Å². The third kappa shape index (κ3) is 4.69. The minimum Gasteiger partial charge on any atom is -0.493 e. The molecule has 0 aliphatic rings. The molecule has 0 aliphatic carbocycles. The van der Waals surface area contributed by atoms with Crippen LogP contribution in [0.15, 0.2) is 53.1 Å². The zero-order chi connectivity index (χ0) is 19.9. The molecular weight excluding hydrogens is 384 g/mol. The summed E-state index contributed by atoms with van der Waals surface area (Å²) >= 11 is 6.14. The van der Waals surface area contributed by atoms with E-state index in [1.54, 1.807) is 36.4 Å². The second-order valence-electron chi connectivity index (χ2n) is 5.55. The summed E-state index contributed by atoms with van der Waals surface area (Å²) in [5, 5.41) is 4.43. The number of hydrogen-bond donors (Lipinski definition) is 0. The maximum absolute atomic E-state index is 11.2. The third-order valence-electron chi connectivity index (χ3n) is 3.73. The van der Waals surface area contributed by atoms with Gasteiger partial charge in [0.15, 0.2) is 18.1 Å². The van der Waals surface area contributed by atoms with Crippen LogP contribution in [0, 0.1) is 0 Å². The number of aromatic nitrogens is 2. The first kappa shape index (κ1) is 19.4. The van der Waals surface area contributed by atoms with E-state index >= 15 is 0 Å². The van der Waals surface area contributed by atoms with Gasteiger partial charge in [-0.1, -0.05) is 35.0 Å². The Hall–Kier alpha value is -3.32. The Morgan fingerprint density at radius 3 is 2.75 bits per heavy atom. The molecule has 0 unspecified atom stereocenters. The number of hydrogen-bond acceptors (Lipinski definition) is 7. The zero-order valence-corrected chi connectivity index (χ0v) is 16.0. The average Bonchev–Trinajstić information content (AvgIpc) is 3.19. The summed E-state index contributed by atoms with van der Waals surface area (Å²) in [5.41, 5.74) is 1.41. The van der Waals surface area contributed by atoms with Crippen molar-refractivity contribution in [1.29, 1.82) is 0 Å². The van der Waals surface area contributed by atoms with Gasteiger partial charge in [-0.25, -0.2) is 4.79 Å². The highest BCUT2D eigenvalue weighted by Crippen LogP contribution is 2.30. The Bertz CT molecular complexity index is 1000. The van der Waals surface area contributed by atoms with Crippen LogP contribution in [-0.2, 0) is 16.1 Å². The maximum atomic E-state index is 11.2. The van der Waals surface area contributed by atoms with Gasteiger partial charge in [-0.3, -0.25) is 0 Å². The van der Waals surface area contributed by atoms with Crippen molar-refractivity contribution in [2.75, 3.05) is 14.2 Å². The molecule has 0 amide bonds. The van der Waals surface area contributed by atoms with Crippen molar-refractivity contribution in [2.24, 2.45) is 0 Å². The summed E-state index contributed by atoms with van der Waals surface area (Å²) in [6, 6.07) is 12.4. The third-order valence-corrected chi connectivity index (χ3v) is 4.06. The van der Waals surface area contributed by atoms with Gasteiger partial charge >= 0.3 is 5.97 Å². The Kier molecular flexibility index (Phi) is 6.29. The molecule has 3 aromatic rings. The lowest BCUT2D eigenvalue weighted by Crippen LogP contribution is -2.00. The van der Waals surface area contributed by atoms with E-state index in [0.29, 0.717) is 33.8 Å². The number of carbonyl (C=O) groups excluding carboxylic acids is 1. The van der Waals surface area contributed by atoms with E-state index in [9.17, 15) is 4.79 Å². The molecule has 0 bridgehead atoms. The van der Waals surface area contributed by atoms with Crippen LogP contribution < -0.4 is 9.47 Å². The SMILES string of the molecule is COC(=O)/C=C/c1ccc(OCc2noc(-c3ccccc3Cl)n2)c(OC)c1. The first-order valence-electron chi connectivity index (χ1n) is 8.25. The van der Waals surface area contributed by atoms with Crippen molar-refractivity contribution in [3.8, 4) is 23.0 Å². The quantitative estimate of drug-likeness (QED) is 0.434. The topological polar surface area (TPSA) is 83.7 Å². The van der Waals surface area contributed by atoms with Crippen LogP contribution in [0.2, 0.25) is 5.02 Å². The molecule has 1 heterocycles. The summed E-state index contributed by atoms with van der Waals surface area (Å²) in [6.45, 7) is 0.0850. The minimum atomic E-state index is -0.439. The summed E-state index contributed by atoms with van der Waals surface area (Å²) < 4.78 is 20.9. The van der Waals surface area contributed by atoms with Crippen LogP contribution in [0.5, 0.6) is 11.5 Å². The van der Waals surface area contributed by atoms with Crippen molar-refractivity contribution in [3.63, 3.8) is 0 Å². The lowest BCUT2D eigenvalue weighted by atomic mass is 10.2. The Morgan fingerprint density at radius 2 is 2.00 bits per heavy atom. The number of benzene rings is 2. The number of rotatable bonds is 7. The standard InChI is InChI=1S/C20H17ClN2O5/c1-25-17-11-13(8-10-19(24)26-2)7-9-16(17)27-12-18-22-20(28-23-18)14-5-3-4-6-15(14)21/h3-11H,12H2,1-2H3/b10-8+. The second-order valence-corrected chi connectivity index (χ2v) is 5.96. The summed E-state index contributed by atoms with van der Waals surface area (Å²) in [5.74, 6) is 1.25. The van der Waals surface area contributed by atoms with E-state index < -0.39 is 5.97 Å². The molecule has 0 aliphatic heterocycles. The highest BCUT2D eigenvalue weighted by atomic mass is 35.5. The van der Waals surface area contributed by atoms with Crippen molar-refractivity contribution in [1.82, 2.24) is 10.1 Å².